The number of nitrogens with one attached hydrogen (secondary N) is 1. The maximum Gasteiger partial charge on any atom is 0.136 e. The Morgan fingerprint density at radius 2 is 2.12 bits per heavy atom. The highest BCUT2D eigenvalue weighted by Crippen LogP contribution is 2.19. The Bertz CT molecular complexity index is 586. The van der Waals surface area contributed by atoms with Crippen molar-refractivity contribution in [1.29, 1.82) is 5.41 Å². The molecular formula is C12H13FN4. The number of benzene rings is 1. The van der Waals surface area contributed by atoms with Crippen LogP contribution in [0.25, 0.3) is 5.69 Å². The Balaban J connectivity index is 2.71. The monoisotopic (exact) mass is 232 g/mol. The molecule has 0 radical (unpaired) electrons. The summed E-state index contributed by atoms with van der Waals surface area (Å²) in [5.74, 6) is -0.812. The summed E-state index contributed by atoms with van der Waals surface area (Å²) >= 11 is 0. The predicted molar refractivity (Wildman–Crippen MR) is 64.0 cm³/mol. The molecule has 2 aromatic rings. The first-order valence-electron chi connectivity index (χ1n) is 5.17. The zero-order chi connectivity index (χ0) is 12.6. The summed E-state index contributed by atoms with van der Waals surface area (Å²) in [5.41, 5.74) is 7.69. The second-order valence-corrected chi connectivity index (χ2v) is 3.89. The van der Waals surface area contributed by atoms with Crippen molar-refractivity contribution in [3.63, 3.8) is 0 Å². The number of nitrogens with zero attached hydrogens (tertiary/aromatic N) is 2. The fourth-order valence-corrected chi connectivity index (χ4v) is 1.83. The summed E-state index contributed by atoms with van der Waals surface area (Å²) in [6.07, 6.45) is 0. The minimum Gasteiger partial charge on any atom is -0.384 e. The van der Waals surface area contributed by atoms with Gasteiger partial charge in [-0.15, -0.1) is 0 Å². The van der Waals surface area contributed by atoms with Crippen LogP contribution in [-0.4, -0.2) is 15.6 Å². The van der Waals surface area contributed by atoms with Crippen LogP contribution in [-0.2, 0) is 0 Å². The van der Waals surface area contributed by atoms with Gasteiger partial charge in [-0.3, -0.25) is 5.41 Å². The van der Waals surface area contributed by atoms with Crippen molar-refractivity contribution in [2.45, 2.75) is 13.8 Å². The number of halogens is 1. The number of nitrogen functional groups attached to an aromatic ring is 1. The molecule has 0 aliphatic rings. The van der Waals surface area contributed by atoms with Crippen molar-refractivity contribution in [1.82, 2.24) is 9.78 Å². The van der Waals surface area contributed by atoms with Crippen molar-refractivity contribution in [3.8, 4) is 5.69 Å². The zero-order valence-electron chi connectivity index (χ0n) is 9.66. The van der Waals surface area contributed by atoms with Gasteiger partial charge in [0.25, 0.3) is 0 Å². The standard InChI is InChI=1S/C12H13FN4/c1-7-6-8(2)17(16-7)10-5-3-4-9(13)11(10)12(14)15/h3-6H,1-2H3,(H3,14,15). The fraction of sp³-hybridized carbons (Fsp3) is 0.167. The van der Waals surface area contributed by atoms with Crippen LogP contribution in [0.5, 0.6) is 0 Å². The van der Waals surface area contributed by atoms with Gasteiger partial charge in [-0.2, -0.15) is 5.10 Å². The molecule has 2 rings (SSSR count). The highest BCUT2D eigenvalue weighted by molar-refractivity contribution is 5.98. The molecule has 0 aliphatic carbocycles. The second kappa shape index (κ2) is 4.01. The van der Waals surface area contributed by atoms with E-state index in [-0.39, 0.29) is 11.4 Å². The number of nitrogens with two attached hydrogens (primary N) is 1. The molecule has 17 heavy (non-hydrogen) atoms. The van der Waals surface area contributed by atoms with Crippen LogP contribution in [0.15, 0.2) is 24.3 Å². The number of hydrogen-bond donors (Lipinski definition) is 2. The van der Waals surface area contributed by atoms with E-state index < -0.39 is 5.82 Å². The molecule has 0 saturated heterocycles. The van der Waals surface area contributed by atoms with Gasteiger partial charge in [0.15, 0.2) is 0 Å². The van der Waals surface area contributed by atoms with Crippen molar-refractivity contribution in [2.75, 3.05) is 0 Å². The molecule has 88 valence electrons. The largest absolute Gasteiger partial charge is 0.384 e. The SMILES string of the molecule is Cc1cc(C)n(-c2cccc(F)c2C(=N)N)n1. The van der Waals surface area contributed by atoms with E-state index in [0.29, 0.717) is 5.69 Å². The third-order valence-electron chi connectivity index (χ3n) is 2.50. The molecule has 0 spiro atoms. The molecule has 0 saturated carbocycles. The van der Waals surface area contributed by atoms with Crippen LogP contribution in [0.3, 0.4) is 0 Å². The summed E-state index contributed by atoms with van der Waals surface area (Å²) in [4.78, 5) is 0. The Morgan fingerprint density at radius 1 is 1.41 bits per heavy atom. The van der Waals surface area contributed by atoms with Crippen LogP contribution < -0.4 is 5.73 Å². The number of amidine groups is 1. The third-order valence-corrected chi connectivity index (χ3v) is 2.50. The van der Waals surface area contributed by atoms with Gasteiger partial charge in [-0.05, 0) is 32.0 Å². The van der Waals surface area contributed by atoms with Crippen LogP contribution in [0, 0.1) is 25.1 Å². The lowest BCUT2D eigenvalue weighted by molar-refractivity contribution is 0.621. The van der Waals surface area contributed by atoms with E-state index in [2.05, 4.69) is 5.10 Å². The summed E-state index contributed by atoms with van der Waals surface area (Å²) < 4.78 is 15.3. The molecule has 1 aromatic heterocycles. The molecule has 0 bridgehead atoms. The summed E-state index contributed by atoms with van der Waals surface area (Å²) in [6.45, 7) is 3.73. The first-order chi connectivity index (χ1) is 8.00. The van der Waals surface area contributed by atoms with Crippen molar-refractivity contribution in [3.05, 3.63) is 47.0 Å². The van der Waals surface area contributed by atoms with Crippen LogP contribution in [0.4, 0.5) is 4.39 Å². The van der Waals surface area contributed by atoms with Crippen LogP contribution in [0.1, 0.15) is 17.0 Å². The number of aryl methyl sites for hydroxylation is 2. The minimum absolute atomic E-state index is 0.0821. The minimum atomic E-state index is -0.512. The van der Waals surface area contributed by atoms with Crippen LogP contribution in [0.2, 0.25) is 0 Å². The molecule has 0 unspecified atom stereocenters. The maximum atomic E-state index is 13.7. The summed E-state index contributed by atoms with van der Waals surface area (Å²) in [7, 11) is 0. The Hall–Kier alpha value is -2.17. The first kappa shape index (κ1) is 11.3. The molecule has 0 aliphatic heterocycles. The molecule has 1 heterocycles. The number of hydrogen-bond acceptors (Lipinski definition) is 2. The van der Waals surface area contributed by atoms with E-state index in [1.807, 2.05) is 19.9 Å². The number of aromatic nitrogens is 2. The zero-order valence-corrected chi connectivity index (χ0v) is 9.66. The average Bonchev–Trinajstić information content (AvgIpc) is 2.56. The first-order valence-corrected chi connectivity index (χ1v) is 5.17. The van der Waals surface area contributed by atoms with Gasteiger partial charge in [0.2, 0.25) is 0 Å². The lowest BCUT2D eigenvalue weighted by Crippen LogP contribution is -2.17. The predicted octanol–water partition coefficient (Wildman–Crippen LogP) is 1.91. The molecule has 4 nitrogen and oxygen atoms in total. The van der Waals surface area contributed by atoms with Gasteiger partial charge in [-0.25, -0.2) is 9.07 Å². The van der Waals surface area contributed by atoms with Gasteiger partial charge in [0.1, 0.15) is 11.7 Å². The normalized spacial score (nSPS) is 10.5. The topological polar surface area (TPSA) is 67.7 Å². The second-order valence-electron chi connectivity index (χ2n) is 3.89. The summed E-state index contributed by atoms with van der Waals surface area (Å²) in [5, 5.41) is 11.7. The smallest absolute Gasteiger partial charge is 0.136 e. The molecule has 0 amide bonds. The van der Waals surface area contributed by atoms with E-state index in [1.165, 1.54) is 6.07 Å². The van der Waals surface area contributed by atoms with Crippen molar-refractivity contribution >= 4 is 5.84 Å². The molecule has 1 aromatic carbocycles. The highest BCUT2D eigenvalue weighted by atomic mass is 19.1. The fourth-order valence-electron chi connectivity index (χ4n) is 1.83. The molecule has 3 N–H and O–H groups in total. The van der Waals surface area contributed by atoms with Crippen molar-refractivity contribution < 1.29 is 4.39 Å². The maximum absolute atomic E-state index is 13.7. The van der Waals surface area contributed by atoms with E-state index in [0.717, 1.165) is 11.4 Å². The number of rotatable bonds is 2. The average molecular weight is 232 g/mol. The van der Waals surface area contributed by atoms with Crippen molar-refractivity contribution in [2.24, 2.45) is 5.73 Å². The molecular weight excluding hydrogens is 219 g/mol. The quantitative estimate of drug-likeness (QED) is 0.613. The van der Waals surface area contributed by atoms with Gasteiger partial charge in [0.05, 0.1) is 16.9 Å². The Morgan fingerprint density at radius 3 is 2.65 bits per heavy atom. The molecule has 0 atom stereocenters. The van der Waals surface area contributed by atoms with Gasteiger partial charge >= 0.3 is 0 Å². The summed E-state index contributed by atoms with van der Waals surface area (Å²) in [6, 6.07) is 6.44. The molecule has 5 heteroatoms. The van der Waals surface area contributed by atoms with E-state index >= 15 is 0 Å². The van der Waals surface area contributed by atoms with Gasteiger partial charge in [-0.1, -0.05) is 6.07 Å². The van der Waals surface area contributed by atoms with Crippen LogP contribution >= 0.6 is 0 Å². The van der Waals surface area contributed by atoms with Gasteiger partial charge in [0, 0.05) is 5.69 Å². The highest BCUT2D eigenvalue weighted by Gasteiger charge is 2.14. The van der Waals surface area contributed by atoms with E-state index in [4.69, 9.17) is 11.1 Å². The molecule has 0 fully saturated rings. The van der Waals surface area contributed by atoms with E-state index in [1.54, 1.807) is 16.8 Å². The lowest BCUT2D eigenvalue weighted by atomic mass is 10.1. The van der Waals surface area contributed by atoms with E-state index in [9.17, 15) is 4.39 Å². The Labute approximate surface area is 98.4 Å². The lowest BCUT2D eigenvalue weighted by Gasteiger charge is -2.10. The Kier molecular flexibility index (Phi) is 2.67. The third kappa shape index (κ3) is 1.91. The van der Waals surface area contributed by atoms with Gasteiger partial charge < -0.3 is 5.73 Å².